The molecule has 0 radical (unpaired) electrons. The minimum Gasteiger partial charge on any atom is -0.492 e. The highest BCUT2D eigenvalue weighted by Crippen LogP contribution is 2.20. The number of likely N-dealkylation sites (N-methyl/N-ethyl adjacent to an activating group) is 2. The monoisotopic (exact) mass is 615 g/mol. The number of nitrogens with two attached hydrogens (primary N) is 1. The highest BCUT2D eigenvalue weighted by atomic mass is 127. The predicted octanol–water partition coefficient (Wildman–Crippen LogP) is 6.32. The lowest BCUT2D eigenvalue weighted by molar-refractivity contribution is 0.198. The number of hydrogen-bond acceptors (Lipinski definition) is 7. The molecule has 2 N–H and O–H groups in total. The number of rotatable bonds is 7. The van der Waals surface area contributed by atoms with Gasteiger partial charge in [0.05, 0.1) is 10.8 Å². The Morgan fingerprint density at radius 1 is 1.03 bits per heavy atom. The Bertz CT molecular complexity index is 928. The molecule has 2 saturated heterocycles. The molecule has 0 bridgehead atoms. The third-order valence-electron chi connectivity index (χ3n) is 6.12. The zero-order valence-electron chi connectivity index (χ0n) is 22.0. The van der Waals surface area contributed by atoms with Crippen LogP contribution in [0.25, 0.3) is 0 Å². The topological polar surface area (TPSA) is 63.3 Å². The second-order valence-electron chi connectivity index (χ2n) is 8.44. The molecular weight excluding hydrogens is 571 g/mol. The van der Waals surface area contributed by atoms with Gasteiger partial charge < -0.3 is 25.0 Å². The maximum atomic E-state index is 6.24. The number of hydrogen-bond donors (Lipinski definition) is 1. The first-order valence-corrected chi connectivity index (χ1v) is 13.1. The number of thiocarbonyl (C=S) groups is 1. The van der Waals surface area contributed by atoms with Crippen LogP contribution in [0.3, 0.4) is 0 Å². The van der Waals surface area contributed by atoms with Crippen molar-refractivity contribution >= 4 is 51.3 Å². The predicted molar refractivity (Wildman–Crippen MR) is 161 cm³/mol. The summed E-state index contributed by atoms with van der Waals surface area (Å²) in [6, 6.07) is 16.3. The number of benzene rings is 2. The molecule has 0 aliphatic carbocycles. The van der Waals surface area contributed by atoms with Crippen molar-refractivity contribution in [3.8, 4) is 11.5 Å². The summed E-state index contributed by atoms with van der Waals surface area (Å²) in [5.74, 6) is 1.79. The number of alkyl halides is 1. The zero-order valence-corrected chi connectivity index (χ0v) is 23.0. The van der Waals surface area contributed by atoms with E-state index in [1.807, 2.05) is 48.5 Å². The van der Waals surface area contributed by atoms with Crippen LogP contribution in [0.15, 0.2) is 53.5 Å². The quantitative estimate of drug-likeness (QED) is 0.129. The van der Waals surface area contributed by atoms with Crippen molar-refractivity contribution < 1.29 is 12.2 Å². The largest absolute Gasteiger partial charge is 0.492 e. The number of anilines is 1. The van der Waals surface area contributed by atoms with E-state index in [1.165, 1.54) is 38.8 Å². The zero-order chi connectivity index (χ0) is 26.3. The molecule has 6 nitrogen and oxygen atoms in total. The van der Waals surface area contributed by atoms with E-state index in [-0.39, 0.29) is 7.43 Å². The van der Waals surface area contributed by atoms with Crippen molar-refractivity contribution in [3.63, 3.8) is 0 Å². The summed E-state index contributed by atoms with van der Waals surface area (Å²) in [6.07, 6.45) is 5.02. The van der Waals surface area contributed by atoms with Crippen molar-refractivity contribution in [2.24, 2.45) is 4.99 Å². The molecule has 194 valence electrons. The molecule has 0 aromatic heterocycles. The van der Waals surface area contributed by atoms with E-state index in [2.05, 4.69) is 46.3 Å². The van der Waals surface area contributed by atoms with Crippen molar-refractivity contribution in [1.29, 1.82) is 0 Å². The second-order valence-corrected chi connectivity index (χ2v) is 8.62. The van der Waals surface area contributed by atoms with Crippen LogP contribution in [0, 0.1) is 0 Å². The molecule has 2 heterocycles. The van der Waals surface area contributed by atoms with Gasteiger partial charge in [0.15, 0.2) is 0 Å². The molecule has 2 aromatic carbocycles. The summed E-state index contributed by atoms with van der Waals surface area (Å²) in [5.41, 5.74) is 7.19. The normalized spacial score (nSPS) is 20.9. The fourth-order valence-corrected chi connectivity index (χ4v) is 4.10. The third kappa shape index (κ3) is 11.3. The van der Waals surface area contributed by atoms with E-state index in [0.717, 1.165) is 36.1 Å². The lowest BCUT2D eigenvalue weighted by atomic mass is 10.2. The van der Waals surface area contributed by atoms with Crippen molar-refractivity contribution in [3.05, 3.63) is 48.5 Å². The Morgan fingerprint density at radius 2 is 1.46 bits per heavy atom. The maximum absolute atomic E-state index is 6.24. The smallest absolute Gasteiger partial charge is 0.119 e. The number of isothiocyanates is 1. The Morgan fingerprint density at radius 3 is 1.83 bits per heavy atom. The molecule has 0 amide bonds. The first kappa shape index (κ1) is 27.9. The number of nitrogens with zero attached hydrogens (tertiary/aromatic N) is 3. The van der Waals surface area contributed by atoms with Gasteiger partial charge in [-0.1, -0.05) is 30.0 Å². The van der Waals surface area contributed by atoms with E-state index in [9.17, 15) is 0 Å². The van der Waals surface area contributed by atoms with Gasteiger partial charge in [-0.2, -0.15) is 4.99 Å². The Labute approximate surface area is 233 Å². The van der Waals surface area contributed by atoms with Gasteiger partial charge in [-0.05, 0) is 118 Å². The average molecular weight is 616 g/mol. The fourth-order valence-electron chi connectivity index (χ4n) is 4.00. The van der Waals surface area contributed by atoms with Gasteiger partial charge in [0.1, 0.15) is 24.7 Å². The molecule has 1 unspecified atom stereocenters. The lowest BCUT2D eigenvalue weighted by Gasteiger charge is -2.19. The first-order chi connectivity index (χ1) is 17.3. The van der Waals surface area contributed by atoms with Crippen molar-refractivity contribution in [2.75, 3.05) is 51.0 Å². The van der Waals surface area contributed by atoms with Crippen LogP contribution < -0.4 is 15.2 Å². The summed E-state index contributed by atoms with van der Waals surface area (Å²) < 4.78 is 24.0. The van der Waals surface area contributed by atoms with Crippen LogP contribution in [0.1, 0.15) is 35.9 Å². The minimum atomic E-state index is -0.697. The summed E-state index contributed by atoms with van der Waals surface area (Å²) in [7, 11) is 4.31. The van der Waals surface area contributed by atoms with Gasteiger partial charge >= 0.3 is 0 Å². The molecule has 4 rings (SSSR count). The number of likely N-dealkylation sites (tertiary alicyclic amines) is 2. The van der Waals surface area contributed by atoms with Gasteiger partial charge in [0.2, 0.25) is 0 Å². The second kappa shape index (κ2) is 17.7. The van der Waals surface area contributed by atoms with Crippen molar-refractivity contribution in [2.45, 2.75) is 45.2 Å². The lowest BCUT2D eigenvalue weighted by Crippen LogP contribution is -2.30. The Balaban J connectivity index is 0.000000318. The van der Waals surface area contributed by atoms with Crippen LogP contribution >= 0.6 is 34.8 Å². The van der Waals surface area contributed by atoms with E-state index >= 15 is 0 Å². The summed E-state index contributed by atoms with van der Waals surface area (Å²) in [5, 5.41) is 2.35. The molecule has 0 saturated carbocycles. The summed E-state index contributed by atoms with van der Waals surface area (Å²) in [6.45, 7) is 3.90. The molecule has 35 heavy (non-hydrogen) atoms. The highest BCUT2D eigenvalue weighted by Gasteiger charge is 2.21. The standard InChI is InChI=1S/C13H16N2OS.C12H18N2O.CH3I.CH4/c1-15-8-2-3-12(15)9-16-13-6-4-11(5-7-13)14-10-17;1-14-8-2-3-11(14)9-15-12-6-4-10(13)5-7-12;1-2;/h4-7,12H,2-3,8-9H2,1H3;4-7,11H,2-3,8-9,13H2,1H3;1H3;1H4/t12-;11-;;/m00../s1/i;;1TD;. The van der Waals surface area contributed by atoms with Crippen LogP contribution in [0.2, 0.25) is 0 Å². The van der Waals surface area contributed by atoms with Crippen LogP contribution in [-0.2, 0) is 0 Å². The molecule has 0 spiro atoms. The molecule has 2 aliphatic rings. The van der Waals surface area contributed by atoms with E-state index in [0.29, 0.717) is 12.1 Å². The number of halogens is 1. The third-order valence-corrected chi connectivity index (χ3v) is 6.21. The highest BCUT2D eigenvalue weighted by molar-refractivity contribution is 14.1. The van der Waals surface area contributed by atoms with Crippen LogP contribution in [0.5, 0.6) is 11.5 Å². The van der Waals surface area contributed by atoms with Crippen LogP contribution in [0.4, 0.5) is 11.4 Å². The van der Waals surface area contributed by atoms with Gasteiger partial charge in [0, 0.05) is 20.5 Å². The Kier molecular flexibility index (Phi) is 14.1. The number of nitrogen functional groups attached to an aromatic ring is 1. The molecule has 3 atom stereocenters. The summed E-state index contributed by atoms with van der Waals surface area (Å²) in [4.78, 5) is 7.91. The molecule has 2 aromatic rings. The van der Waals surface area contributed by atoms with Gasteiger partial charge in [-0.15, -0.1) is 0 Å². The SMILES string of the molecule is C.CN1CCC[C@H]1COc1ccc(N)cc1.CN1CCC[C@H]1COc1ccc(N=C=S)cc1.[2H]C([3H])I. The van der Waals surface area contributed by atoms with Gasteiger partial charge in [0.25, 0.3) is 0 Å². The Hall–Kier alpha value is -1.71. The molecule has 8 heteroatoms. The van der Waals surface area contributed by atoms with Crippen molar-refractivity contribution in [1.82, 2.24) is 9.80 Å². The maximum Gasteiger partial charge on any atom is 0.119 e. The fraction of sp³-hybridized carbons (Fsp3) is 0.519. The molecule has 2 fully saturated rings. The van der Waals surface area contributed by atoms with E-state index in [1.54, 1.807) is 22.6 Å². The molecule has 2 aliphatic heterocycles. The number of aliphatic imine (C=N–C) groups is 1. The van der Waals surface area contributed by atoms with Crippen LogP contribution in [-0.4, -0.2) is 72.3 Å². The first-order valence-electron chi connectivity index (χ1n) is 12.6. The van der Waals surface area contributed by atoms with E-state index in [4.69, 9.17) is 17.9 Å². The minimum absolute atomic E-state index is 0. The van der Waals surface area contributed by atoms with Gasteiger partial charge in [-0.25, -0.2) is 0 Å². The van der Waals surface area contributed by atoms with Gasteiger partial charge in [-0.3, -0.25) is 0 Å². The number of ether oxygens (including phenoxy) is 2. The summed E-state index contributed by atoms with van der Waals surface area (Å²) >= 11 is 6.23. The van der Waals surface area contributed by atoms with E-state index < -0.39 is 4.88 Å². The average Bonchev–Trinajstić information content (AvgIpc) is 3.46. The molecular formula is C27H41IN4O2S.